The van der Waals surface area contributed by atoms with Crippen molar-refractivity contribution >= 4 is 0 Å². The lowest BCUT2D eigenvalue weighted by Gasteiger charge is -2.23. The van der Waals surface area contributed by atoms with Crippen LogP contribution in [0.3, 0.4) is 0 Å². The first-order chi connectivity index (χ1) is 8.36. The van der Waals surface area contributed by atoms with E-state index in [0.29, 0.717) is 0 Å². The van der Waals surface area contributed by atoms with Gasteiger partial charge in [-0.3, -0.25) is 4.90 Å². The van der Waals surface area contributed by atoms with Gasteiger partial charge in [0.25, 0.3) is 0 Å². The zero-order valence-corrected chi connectivity index (χ0v) is 11.7. The highest BCUT2D eigenvalue weighted by Crippen LogP contribution is 2.07. The Labute approximate surface area is 107 Å². The summed E-state index contributed by atoms with van der Waals surface area (Å²) in [7, 11) is 0. The van der Waals surface area contributed by atoms with E-state index in [0.717, 1.165) is 26.1 Å². The van der Waals surface area contributed by atoms with Gasteiger partial charge in [-0.15, -0.1) is 5.92 Å². The zero-order chi connectivity index (χ0) is 12.3. The van der Waals surface area contributed by atoms with Gasteiger partial charge < -0.3 is 4.90 Å². The van der Waals surface area contributed by atoms with Crippen LogP contribution in [0.5, 0.6) is 0 Å². The first-order valence-corrected chi connectivity index (χ1v) is 7.27. The summed E-state index contributed by atoms with van der Waals surface area (Å²) in [6.45, 7) is 11.5. The summed E-state index contributed by atoms with van der Waals surface area (Å²) in [6.07, 6.45) is 6.42. The van der Waals surface area contributed by atoms with Crippen LogP contribution in [0.15, 0.2) is 0 Å². The van der Waals surface area contributed by atoms with Gasteiger partial charge in [-0.2, -0.15) is 0 Å². The summed E-state index contributed by atoms with van der Waals surface area (Å²) in [5.74, 6) is 6.64. The van der Waals surface area contributed by atoms with Crippen LogP contribution in [-0.4, -0.2) is 49.1 Å². The van der Waals surface area contributed by atoms with Crippen molar-refractivity contribution in [3.8, 4) is 11.8 Å². The third kappa shape index (κ3) is 6.71. The van der Waals surface area contributed by atoms with Crippen LogP contribution in [0, 0.1) is 11.8 Å². The standard InChI is InChI=1S/C15H28N2/c1-3-16(4-2)12-8-5-6-9-13-17-14-10-7-11-15-17/h3-5,7-8,10-15H2,1-2H3. The first kappa shape index (κ1) is 14.5. The van der Waals surface area contributed by atoms with Crippen LogP contribution in [0.2, 0.25) is 0 Å². The van der Waals surface area contributed by atoms with Crippen LogP contribution in [0.4, 0.5) is 0 Å². The second kappa shape index (κ2) is 9.50. The molecule has 17 heavy (non-hydrogen) atoms. The van der Waals surface area contributed by atoms with Gasteiger partial charge in [0.2, 0.25) is 0 Å². The Kier molecular flexibility index (Phi) is 8.13. The third-order valence-corrected chi connectivity index (χ3v) is 3.55. The molecule has 0 bridgehead atoms. The van der Waals surface area contributed by atoms with Crippen molar-refractivity contribution in [2.45, 2.75) is 46.0 Å². The van der Waals surface area contributed by atoms with Gasteiger partial charge in [0, 0.05) is 6.42 Å². The molecule has 0 aromatic carbocycles. The van der Waals surface area contributed by atoms with Crippen LogP contribution < -0.4 is 0 Å². The summed E-state index contributed by atoms with van der Waals surface area (Å²) in [5, 5.41) is 0. The maximum absolute atomic E-state index is 3.32. The molecule has 0 N–H and O–H groups in total. The Morgan fingerprint density at radius 1 is 1.00 bits per heavy atom. The van der Waals surface area contributed by atoms with Crippen LogP contribution in [0.1, 0.15) is 46.0 Å². The molecule has 1 fully saturated rings. The lowest BCUT2D eigenvalue weighted by atomic mass is 10.1. The molecule has 2 heteroatoms. The Morgan fingerprint density at radius 3 is 2.35 bits per heavy atom. The molecule has 98 valence electrons. The molecule has 0 aliphatic carbocycles. The highest BCUT2D eigenvalue weighted by atomic mass is 15.1. The highest BCUT2D eigenvalue weighted by molar-refractivity contribution is 5.01. The molecule has 2 nitrogen and oxygen atoms in total. The van der Waals surface area contributed by atoms with Crippen molar-refractivity contribution in [2.24, 2.45) is 0 Å². The van der Waals surface area contributed by atoms with E-state index in [4.69, 9.17) is 0 Å². The van der Waals surface area contributed by atoms with Gasteiger partial charge in [0.1, 0.15) is 0 Å². The van der Waals surface area contributed by atoms with Crippen molar-refractivity contribution in [1.29, 1.82) is 0 Å². The van der Waals surface area contributed by atoms with Crippen LogP contribution in [0.25, 0.3) is 0 Å². The largest absolute Gasteiger partial charge is 0.304 e. The number of likely N-dealkylation sites (tertiary alicyclic amines) is 1. The van der Waals surface area contributed by atoms with Crippen LogP contribution in [-0.2, 0) is 0 Å². The minimum atomic E-state index is 0.991. The fourth-order valence-electron chi connectivity index (χ4n) is 2.30. The fraction of sp³-hybridized carbons (Fsp3) is 0.867. The average molecular weight is 236 g/mol. The molecule has 0 radical (unpaired) electrons. The van der Waals surface area contributed by atoms with E-state index in [1.54, 1.807) is 0 Å². The van der Waals surface area contributed by atoms with Gasteiger partial charge >= 0.3 is 0 Å². The normalized spacial score (nSPS) is 16.9. The SMILES string of the molecule is CCN(CC)CCCC#CCN1CCCCC1. The first-order valence-electron chi connectivity index (χ1n) is 7.27. The predicted molar refractivity (Wildman–Crippen MR) is 75.1 cm³/mol. The minimum absolute atomic E-state index is 0.991. The molecule has 0 aromatic heterocycles. The lowest BCUT2D eigenvalue weighted by molar-refractivity contribution is 0.255. The summed E-state index contributed by atoms with van der Waals surface area (Å²) in [5.41, 5.74) is 0. The van der Waals surface area contributed by atoms with Gasteiger partial charge in [-0.1, -0.05) is 26.2 Å². The number of nitrogens with zero attached hydrogens (tertiary/aromatic N) is 2. The second-order valence-electron chi connectivity index (χ2n) is 4.82. The molecule has 0 aromatic rings. The number of hydrogen-bond donors (Lipinski definition) is 0. The Morgan fingerprint density at radius 2 is 1.71 bits per heavy atom. The van der Waals surface area contributed by atoms with Crippen molar-refractivity contribution in [3.63, 3.8) is 0 Å². The van der Waals surface area contributed by atoms with E-state index >= 15 is 0 Å². The fourth-order valence-corrected chi connectivity index (χ4v) is 2.30. The topological polar surface area (TPSA) is 6.48 Å². The molecular formula is C15H28N2. The van der Waals surface area contributed by atoms with E-state index in [-0.39, 0.29) is 0 Å². The van der Waals surface area contributed by atoms with E-state index in [9.17, 15) is 0 Å². The molecule has 1 aliphatic rings. The molecule has 1 aliphatic heterocycles. The molecule has 0 spiro atoms. The summed E-state index contributed by atoms with van der Waals surface area (Å²) < 4.78 is 0. The molecule has 1 rings (SSSR count). The van der Waals surface area contributed by atoms with Crippen molar-refractivity contribution in [3.05, 3.63) is 0 Å². The van der Waals surface area contributed by atoms with Gasteiger partial charge in [-0.05, 0) is 52.0 Å². The smallest absolute Gasteiger partial charge is 0.0601 e. The average Bonchev–Trinajstić information content (AvgIpc) is 2.39. The second-order valence-corrected chi connectivity index (χ2v) is 4.82. The van der Waals surface area contributed by atoms with Gasteiger partial charge in [0.15, 0.2) is 0 Å². The maximum atomic E-state index is 3.32. The van der Waals surface area contributed by atoms with Crippen LogP contribution >= 0.6 is 0 Å². The Hall–Kier alpha value is -0.520. The zero-order valence-electron chi connectivity index (χ0n) is 11.7. The predicted octanol–water partition coefficient (Wildman–Crippen LogP) is 2.60. The molecule has 1 saturated heterocycles. The number of piperidine rings is 1. The molecule has 0 amide bonds. The van der Waals surface area contributed by atoms with Gasteiger partial charge in [0.05, 0.1) is 6.54 Å². The molecule has 1 heterocycles. The minimum Gasteiger partial charge on any atom is -0.304 e. The Balaban J connectivity index is 2.01. The quantitative estimate of drug-likeness (QED) is 0.517. The summed E-state index contributed by atoms with van der Waals surface area (Å²) in [4.78, 5) is 4.95. The van der Waals surface area contributed by atoms with E-state index in [1.165, 1.54) is 45.3 Å². The molecule has 0 atom stereocenters. The van der Waals surface area contributed by atoms with E-state index < -0.39 is 0 Å². The van der Waals surface area contributed by atoms with E-state index in [1.807, 2.05) is 0 Å². The van der Waals surface area contributed by atoms with Crippen molar-refractivity contribution in [2.75, 3.05) is 39.3 Å². The maximum Gasteiger partial charge on any atom is 0.0601 e. The third-order valence-electron chi connectivity index (χ3n) is 3.55. The summed E-state index contributed by atoms with van der Waals surface area (Å²) >= 11 is 0. The Bertz CT molecular complexity index is 229. The van der Waals surface area contributed by atoms with Gasteiger partial charge in [-0.25, -0.2) is 0 Å². The molecule has 0 unspecified atom stereocenters. The number of hydrogen-bond acceptors (Lipinski definition) is 2. The summed E-state index contributed by atoms with van der Waals surface area (Å²) in [6, 6.07) is 0. The monoisotopic (exact) mass is 236 g/mol. The van der Waals surface area contributed by atoms with Crippen molar-refractivity contribution in [1.82, 2.24) is 9.80 Å². The number of unbranched alkanes of at least 4 members (excludes halogenated alkanes) is 1. The number of rotatable bonds is 6. The highest BCUT2D eigenvalue weighted by Gasteiger charge is 2.07. The van der Waals surface area contributed by atoms with E-state index in [2.05, 4.69) is 35.5 Å². The molecular weight excluding hydrogens is 208 g/mol. The van der Waals surface area contributed by atoms with Crippen molar-refractivity contribution < 1.29 is 0 Å². The molecule has 0 saturated carbocycles. The lowest BCUT2D eigenvalue weighted by Crippen LogP contribution is -2.29.